The number of halogens is 1. The predicted octanol–water partition coefficient (Wildman–Crippen LogP) is 3.72. The smallest absolute Gasteiger partial charge is 0.138 e. The molecule has 0 amide bonds. The third-order valence-corrected chi connectivity index (χ3v) is 3.58. The van der Waals surface area contributed by atoms with Crippen molar-refractivity contribution >= 4 is 23.1 Å². The van der Waals surface area contributed by atoms with Gasteiger partial charge in [-0.1, -0.05) is 48.9 Å². The summed E-state index contributed by atoms with van der Waals surface area (Å²) in [6.07, 6.45) is 1.79. The molecule has 0 bridgehead atoms. The molecule has 0 fully saturated rings. The highest BCUT2D eigenvalue weighted by molar-refractivity contribution is 6.30. The summed E-state index contributed by atoms with van der Waals surface area (Å²) in [6.45, 7) is 2.11. The van der Waals surface area contributed by atoms with Crippen molar-refractivity contribution in [3.05, 3.63) is 64.9 Å². The molecule has 19 heavy (non-hydrogen) atoms. The van der Waals surface area contributed by atoms with Gasteiger partial charge in [0.15, 0.2) is 0 Å². The fraction of sp³-hybridized carbons (Fsp3) is 0.133. The van der Waals surface area contributed by atoms with Crippen LogP contribution in [-0.2, 0) is 0 Å². The summed E-state index contributed by atoms with van der Waals surface area (Å²) >= 11 is 5.99. The second kappa shape index (κ2) is 4.59. The lowest BCUT2D eigenvalue weighted by molar-refractivity contribution is 0.889. The first-order chi connectivity index (χ1) is 9.16. The lowest BCUT2D eigenvalue weighted by atomic mass is 9.98. The van der Waals surface area contributed by atoms with Gasteiger partial charge in [-0.05, 0) is 17.7 Å². The molecule has 1 atom stereocenters. The zero-order valence-corrected chi connectivity index (χ0v) is 11.3. The largest absolute Gasteiger partial charge is 0.383 e. The fourth-order valence-corrected chi connectivity index (χ4v) is 2.43. The number of hydrogen-bond acceptors (Lipinski definition) is 2. The van der Waals surface area contributed by atoms with Crippen LogP contribution in [0.1, 0.15) is 24.1 Å². The van der Waals surface area contributed by atoms with Gasteiger partial charge in [-0.2, -0.15) is 0 Å². The summed E-state index contributed by atoms with van der Waals surface area (Å²) < 4.78 is 1.83. The average molecular weight is 272 g/mol. The molecule has 2 aromatic heterocycles. The number of pyridine rings is 1. The number of nitrogens with zero attached hydrogens (tertiary/aromatic N) is 2. The van der Waals surface area contributed by atoms with Gasteiger partial charge < -0.3 is 5.73 Å². The molecule has 0 aliphatic carbocycles. The number of rotatable bonds is 2. The molecule has 0 aliphatic rings. The van der Waals surface area contributed by atoms with Crippen LogP contribution in [0, 0.1) is 0 Å². The molecule has 0 radical (unpaired) electrons. The molecule has 0 aliphatic heterocycles. The van der Waals surface area contributed by atoms with Crippen molar-refractivity contribution < 1.29 is 0 Å². The number of anilines is 1. The molecule has 3 aromatic rings. The standard InChI is InChI=1S/C15H14ClN3/c1-10(11-5-3-2-4-6-11)14-15(17)19-9-12(16)7-8-13(19)18-14/h2-10H,17H2,1H3. The maximum Gasteiger partial charge on any atom is 0.138 e. The summed E-state index contributed by atoms with van der Waals surface area (Å²) in [5, 5.41) is 0.649. The Morgan fingerprint density at radius 2 is 1.89 bits per heavy atom. The third-order valence-electron chi connectivity index (χ3n) is 3.36. The second-order valence-corrected chi connectivity index (χ2v) is 5.03. The average Bonchev–Trinajstić information content (AvgIpc) is 2.76. The molecule has 2 N–H and O–H groups in total. The number of aromatic nitrogens is 2. The summed E-state index contributed by atoms with van der Waals surface area (Å²) in [7, 11) is 0. The van der Waals surface area contributed by atoms with E-state index in [2.05, 4.69) is 24.0 Å². The van der Waals surface area contributed by atoms with E-state index in [-0.39, 0.29) is 5.92 Å². The van der Waals surface area contributed by atoms with Gasteiger partial charge in [-0.15, -0.1) is 0 Å². The van der Waals surface area contributed by atoms with E-state index in [1.54, 1.807) is 6.20 Å². The van der Waals surface area contributed by atoms with Crippen molar-refractivity contribution in [3.8, 4) is 0 Å². The molecule has 1 unspecified atom stereocenters. The summed E-state index contributed by atoms with van der Waals surface area (Å²) in [5.41, 5.74) is 9.09. The monoisotopic (exact) mass is 271 g/mol. The third kappa shape index (κ3) is 2.06. The van der Waals surface area contributed by atoms with Crippen LogP contribution in [0.2, 0.25) is 5.02 Å². The molecule has 1 aromatic carbocycles. The lowest BCUT2D eigenvalue weighted by Gasteiger charge is -2.09. The van der Waals surface area contributed by atoms with Gasteiger partial charge in [0.25, 0.3) is 0 Å². The number of nitrogens with two attached hydrogens (primary N) is 1. The quantitative estimate of drug-likeness (QED) is 0.772. The van der Waals surface area contributed by atoms with Crippen LogP contribution in [0.4, 0.5) is 5.82 Å². The Labute approximate surface area is 116 Å². The number of fused-ring (bicyclic) bond motifs is 1. The Kier molecular flexibility index (Phi) is 2.91. The fourth-order valence-electron chi connectivity index (χ4n) is 2.27. The van der Waals surface area contributed by atoms with Crippen LogP contribution in [0.25, 0.3) is 5.65 Å². The Bertz CT molecular complexity index is 719. The van der Waals surface area contributed by atoms with Gasteiger partial charge in [0.2, 0.25) is 0 Å². The zero-order valence-electron chi connectivity index (χ0n) is 10.5. The number of nitrogen functional groups attached to an aromatic ring is 1. The second-order valence-electron chi connectivity index (χ2n) is 4.59. The minimum Gasteiger partial charge on any atom is -0.383 e. The Morgan fingerprint density at radius 3 is 2.63 bits per heavy atom. The minimum atomic E-state index is 0.153. The molecule has 4 heteroatoms. The van der Waals surface area contributed by atoms with E-state index < -0.39 is 0 Å². The highest BCUT2D eigenvalue weighted by atomic mass is 35.5. The van der Waals surface area contributed by atoms with E-state index in [0.717, 1.165) is 11.3 Å². The summed E-state index contributed by atoms with van der Waals surface area (Å²) in [5.74, 6) is 0.800. The highest BCUT2D eigenvalue weighted by Crippen LogP contribution is 2.29. The van der Waals surface area contributed by atoms with Gasteiger partial charge in [0.05, 0.1) is 10.7 Å². The molecular weight excluding hydrogens is 258 g/mol. The topological polar surface area (TPSA) is 43.3 Å². The summed E-state index contributed by atoms with van der Waals surface area (Å²) in [4.78, 5) is 4.61. The first-order valence-corrected chi connectivity index (χ1v) is 6.52. The number of benzene rings is 1. The van der Waals surface area contributed by atoms with E-state index in [9.17, 15) is 0 Å². The van der Waals surface area contributed by atoms with Crippen molar-refractivity contribution in [2.75, 3.05) is 5.73 Å². The van der Waals surface area contributed by atoms with Crippen molar-refractivity contribution in [2.45, 2.75) is 12.8 Å². The van der Waals surface area contributed by atoms with Gasteiger partial charge in [0, 0.05) is 12.1 Å². The Morgan fingerprint density at radius 1 is 1.16 bits per heavy atom. The van der Waals surface area contributed by atoms with Crippen LogP contribution in [0.15, 0.2) is 48.7 Å². The molecule has 0 saturated heterocycles. The number of hydrogen-bond donors (Lipinski definition) is 1. The Balaban J connectivity index is 2.13. The molecular formula is C15H14ClN3. The van der Waals surface area contributed by atoms with Crippen molar-refractivity contribution in [3.63, 3.8) is 0 Å². The lowest BCUT2D eigenvalue weighted by Crippen LogP contribution is -2.01. The van der Waals surface area contributed by atoms with E-state index in [4.69, 9.17) is 17.3 Å². The maximum atomic E-state index is 6.19. The van der Waals surface area contributed by atoms with Crippen LogP contribution >= 0.6 is 11.6 Å². The SMILES string of the molecule is CC(c1ccccc1)c1nc2ccc(Cl)cn2c1N. The van der Waals surface area contributed by atoms with E-state index >= 15 is 0 Å². The molecule has 96 valence electrons. The van der Waals surface area contributed by atoms with Gasteiger partial charge >= 0.3 is 0 Å². The first kappa shape index (κ1) is 12.1. The molecule has 3 rings (SSSR count). The van der Waals surface area contributed by atoms with Gasteiger partial charge in [0.1, 0.15) is 11.5 Å². The number of imidazole rings is 1. The molecule has 2 heterocycles. The van der Waals surface area contributed by atoms with Crippen LogP contribution in [-0.4, -0.2) is 9.38 Å². The van der Waals surface area contributed by atoms with Crippen LogP contribution < -0.4 is 5.73 Å². The minimum absolute atomic E-state index is 0.153. The highest BCUT2D eigenvalue weighted by Gasteiger charge is 2.17. The van der Waals surface area contributed by atoms with Gasteiger partial charge in [-0.25, -0.2) is 4.98 Å². The Hall–Kier alpha value is -2.00. The van der Waals surface area contributed by atoms with Crippen molar-refractivity contribution in [1.82, 2.24) is 9.38 Å². The molecule has 0 spiro atoms. The van der Waals surface area contributed by atoms with E-state index in [1.165, 1.54) is 5.56 Å². The normalized spacial score (nSPS) is 12.7. The van der Waals surface area contributed by atoms with Crippen LogP contribution in [0.5, 0.6) is 0 Å². The van der Waals surface area contributed by atoms with Crippen molar-refractivity contribution in [1.29, 1.82) is 0 Å². The van der Waals surface area contributed by atoms with Crippen LogP contribution in [0.3, 0.4) is 0 Å². The van der Waals surface area contributed by atoms with E-state index in [0.29, 0.717) is 10.8 Å². The van der Waals surface area contributed by atoms with Crippen molar-refractivity contribution in [2.24, 2.45) is 0 Å². The first-order valence-electron chi connectivity index (χ1n) is 6.15. The van der Waals surface area contributed by atoms with E-state index in [1.807, 2.05) is 34.7 Å². The molecule has 0 saturated carbocycles. The van der Waals surface area contributed by atoms with Gasteiger partial charge in [-0.3, -0.25) is 4.40 Å². The molecule has 3 nitrogen and oxygen atoms in total. The zero-order chi connectivity index (χ0) is 13.4. The summed E-state index contributed by atoms with van der Waals surface area (Å²) in [6, 6.07) is 13.9. The maximum absolute atomic E-state index is 6.19. The predicted molar refractivity (Wildman–Crippen MR) is 78.6 cm³/mol.